The topological polar surface area (TPSA) is 20.2 Å². The number of alkyl halides is 2. The summed E-state index contributed by atoms with van der Waals surface area (Å²) in [5.74, 6) is 0.0336. The summed E-state index contributed by atoms with van der Waals surface area (Å²) in [6, 6.07) is 2.90. The van der Waals surface area contributed by atoms with Crippen LogP contribution in [0.5, 0.6) is 5.75 Å². The number of benzene rings is 1. The van der Waals surface area contributed by atoms with E-state index in [-0.39, 0.29) is 15.8 Å². The lowest BCUT2D eigenvalue weighted by molar-refractivity contribution is 0.152. The van der Waals surface area contributed by atoms with E-state index in [1.54, 1.807) is 11.4 Å². The predicted octanol–water partition coefficient (Wildman–Crippen LogP) is 4.31. The average molecular weight is 279 g/mol. The van der Waals surface area contributed by atoms with Crippen LogP contribution < -0.4 is 0 Å². The number of aromatic hydroxyl groups is 1. The smallest absolute Gasteiger partial charge is 0.265 e. The first-order valence-corrected chi connectivity index (χ1v) is 5.45. The van der Waals surface area contributed by atoms with Crippen LogP contribution in [0.4, 0.5) is 8.78 Å². The van der Waals surface area contributed by atoms with Crippen molar-refractivity contribution in [2.75, 3.05) is 0 Å². The minimum Gasteiger partial charge on any atom is -0.506 e. The van der Waals surface area contributed by atoms with Gasteiger partial charge in [0.1, 0.15) is 5.75 Å². The minimum atomic E-state index is -2.54. The van der Waals surface area contributed by atoms with Gasteiger partial charge in [0.2, 0.25) is 0 Å². The number of hydrogen-bond donors (Lipinski definition) is 1. The summed E-state index contributed by atoms with van der Waals surface area (Å²) in [6.45, 7) is 0. The Morgan fingerprint density at radius 3 is 2.79 bits per heavy atom. The van der Waals surface area contributed by atoms with Crippen molar-refractivity contribution >= 4 is 37.4 Å². The van der Waals surface area contributed by atoms with E-state index >= 15 is 0 Å². The van der Waals surface area contributed by atoms with Gasteiger partial charge in [0, 0.05) is 15.4 Å². The number of halogens is 3. The van der Waals surface area contributed by atoms with Crippen molar-refractivity contribution in [1.82, 2.24) is 0 Å². The second-order valence-corrected chi connectivity index (χ2v) is 4.53. The van der Waals surface area contributed by atoms with Gasteiger partial charge in [-0.3, -0.25) is 0 Å². The third kappa shape index (κ3) is 1.40. The van der Waals surface area contributed by atoms with Gasteiger partial charge in [0.05, 0.1) is 4.70 Å². The highest BCUT2D eigenvalue weighted by Gasteiger charge is 2.18. The largest absolute Gasteiger partial charge is 0.506 e. The molecule has 0 amide bonds. The van der Waals surface area contributed by atoms with Gasteiger partial charge in [-0.25, -0.2) is 8.78 Å². The summed E-state index contributed by atoms with van der Waals surface area (Å²) in [5, 5.41) is 11.6. The predicted molar refractivity (Wildman–Crippen MR) is 56.1 cm³/mol. The Balaban J connectivity index is 2.86. The number of thiophene rings is 1. The third-order valence-corrected chi connectivity index (χ3v) is 3.52. The number of hydrogen-bond acceptors (Lipinski definition) is 2. The van der Waals surface area contributed by atoms with Crippen LogP contribution in [-0.2, 0) is 0 Å². The Bertz CT molecular complexity index is 481. The molecular weight excluding hydrogens is 274 g/mol. The van der Waals surface area contributed by atoms with Crippen molar-refractivity contribution in [2.45, 2.75) is 6.43 Å². The number of rotatable bonds is 1. The Kier molecular flexibility index (Phi) is 2.45. The van der Waals surface area contributed by atoms with Crippen molar-refractivity contribution in [2.24, 2.45) is 0 Å². The van der Waals surface area contributed by atoms with Gasteiger partial charge in [-0.2, -0.15) is 0 Å². The van der Waals surface area contributed by atoms with Crippen LogP contribution in [0.25, 0.3) is 10.1 Å². The molecule has 1 N–H and O–H groups in total. The van der Waals surface area contributed by atoms with Crippen molar-refractivity contribution in [3.8, 4) is 5.75 Å². The van der Waals surface area contributed by atoms with Gasteiger partial charge in [-0.1, -0.05) is 15.9 Å². The quantitative estimate of drug-likeness (QED) is 0.824. The monoisotopic (exact) mass is 278 g/mol. The highest BCUT2D eigenvalue weighted by Crippen LogP contribution is 2.41. The lowest BCUT2D eigenvalue weighted by Gasteiger charge is -2.06. The van der Waals surface area contributed by atoms with Crippen molar-refractivity contribution in [3.05, 3.63) is 27.5 Å². The zero-order chi connectivity index (χ0) is 10.3. The van der Waals surface area contributed by atoms with Crippen LogP contribution in [0.1, 0.15) is 12.0 Å². The molecule has 1 heterocycles. The molecule has 0 aliphatic heterocycles. The summed E-state index contributed by atoms with van der Waals surface area (Å²) in [6.07, 6.45) is -2.54. The molecule has 0 saturated heterocycles. The second kappa shape index (κ2) is 3.47. The van der Waals surface area contributed by atoms with Crippen molar-refractivity contribution in [1.29, 1.82) is 0 Å². The molecule has 0 radical (unpaired) electrons. The van der Waals surface area contributed by atoms with Gasteiger partial charge in [0.25, 0.3) is 6.43 Å². The normalized spacial score (nSPS) is 11.4. The number of phenols is 1. The molecule has 0 fully saturated rings. The zero-order valence-electron chi connectivity index (χ0n) is 6.80. The summed E-state index contributed by atoms with van der Waals surface area (Å²) in [7, 11) is 0. The average Bonchev–Trinajstić information content (AvgIpc) is 2.51. The summed E-state index contributed by atoms with van der Waals surface area (Å²) in [5.41, 5.74) is -0.0564. The van der Waals surface area contributed by atoms with Gasteiger partial charge in [-0.05, 0) is 17.5 Å². The molecule has 2 rings (SSSR count). The van der Waals surface area contributed by atoms with E-state index in [9.17, 15) is 13.9 Å². The zero-order valence-corrected chi connectivity index (χ0v) is 9.20. The van der Waals surface area contributed by atoms with E-state index in [4.69, 9.17) is 0 Å². The fourth-order valence-corrected chi connectivity index (χ4v) is 2.76. The Morgan fingerprint density at radius 2 is 2.14 bits per heavy atom. The Hall–Kier alpha value is -0.680. The molecule has 0 saturated carbocycles. The lowest BCUT2D eigenvalue weighted by Crippen LogP contribution is -1.87. The van der Waals surface area contributed by atoms with E-state index in [0.717, 1.165) is 0 Å². The maximum atomic E-state index is 12.7. The van der Waals surface area contributed by atoms with Gasteiger partial charge in [-0.15, -0.1) is 11.3 Å². The molecule has 0 unspecified atom stereocenters. The Labute approximate surface area is 91.1 Å². The first-order valence-electron chi connectivity index (χ1n) is 3.78. The molecule has 1 aromatic carbocycles. The fraction of sp³-hybridized carbons (Fsp3) is 0.111. The molecular formula is C9H5BrF2OS. The van der Waals surface area contributed by atoms with Gasteiger partial charge >= 0.3 is 0 Å². The molecule has 2 aromatic rings. The van der Waals surface area contributed by atoms with Crippen LogP contribution in [0, 0.1) is 0 Å². The molecule has 74 valence electrons. The minimum absolute atomic E-state index is 0.0336. The lowest BCUT2D eigenvalue weighted by atomic mass is 10.1. The second-order valence-electron chi connectivity index (χ2n) is 2.76. The van der Waals surface area contributed by atoms with Gasteiger partial charge < -0.3 is 5.11 Å². The number of fused-ring (bicyclic) bond motifs is 1. The third-order valence-electron chi connectivity index (χ3n) is 1.93. The highest BCUT2D eigenvalue weighted by atomic mass is 79.9. The van der Waals surface area contributed by atoms with E-state index < -0.39 is 6.43 Å². The Morgan fingerprint density at radius 1 is 1.43 bits per heavy atom. The highest BCUT2D eigenvalue weighted by molar-refractivity contribution is 9.10. The van der Waals surface area contributed by atoms with E-state index in [2.05, 4.69) is 15.9 Å². The van der Waals surface area contributed by atoms with E-state index in [1.807, 2.05) is 0 Å². The van der Waals surface area contributed by atoms with Crippen LogP contribution >= 0.6 is 27.3 Å². The van der Waals surface area contributed by atoms with Crippen LogP contribution in [0.3, 0.4) is 0 Å². The van der Waals surface area contributed by atoms with Crippen LogP contribution in [0.2, 0.25) is 0 Å². The van der Waals surface area contributed by atoms with E-state index in [0.29, 0.717) is 10.1 Å². The molecule has 0 aliphatic carbocycles. The van der Waals surface area contributed by atoms with Gasteiger partial charge in [0.15, 0.2) is 0 Å². The molecule has 0 spiro atoms. The first-order chi connectivity index (χ1) is 6.61. The molecule has 5 heteroatoms. The molecule has 0 atom stereocenters. The molecule has 1 aromatic heterocycles. The van der Waals surface area contributed by atoms with Crippen LogP contribution in [0.15, 0.2) is 22.0 Å². The number of phenolic OH excluding ortho intramolecular Hbond substituents is 1. The molecule has 14 heavy (non-hydrogen) atoms. The first kappa shape index (κ1) is 9.86. The molecule has 0 aliphatic rings. The fourth-order valence-electron chi connectivity index (χ4n) is 1.33. The SMILES string of the molecule is Oc1cc(Br)c(C(F)F)c2ccsc12. The van der Waals surface area contributed by atoms with Crippen LogP contribution in [-0.4, -0.2) is 5.11 Å². The standard InChI is InChI=1S/C9H5BrF2OS/c10-5-3-6(13)8-4(1-2-14-8)7(5)9(11)12/h1-3,9,13H. The summed E-state index contributed by atoms with van der Waals surface area (Å²) >= 11 is 4.27. The summed E-state index contributed by atoms with van der Waals surface area (Å²) < 4.78 is 26.1. The van der Waals surface area contributed by atoms with E-state index in [1.165, 1.54) is 17.4 Å². The van der Waals surface area contributed by atoms with Crippen molar-refractivity contribution in [3.63, 3.8) is 0 Å². The molecule has 0 bridgehead atoms. The summed E-state index contributed by atoms with van der Waals surface area (Å²) in [4.78, 5) is 0. The maximum Gasteiger partial charge on any atom is 0.265 e. The maximum absolute atomic E-state index is 12.7. The molecule has 1 nitrogen and oxygen atoms in total. The van der Waals surface area contributed by atoms with Crippen molar-refractivity contribution < 1.29 is 13.9 Å².